The lowest BCUT2D eigenvalue weighted by atomic mass is 9.95. The quantitative estimate of drug-likeness (QED) is 0.676. The van der Waals surface area contributed by atoms with Crippen molar-refractivity contribution in [2.75, 3.05) is 13.1 Å². The van der Waals surface area contributed by atoms with E-state index in [1.807, 2.05) is 0 Å². The van der Waals surface area contributed by atoms with Crippen molar-refractivity contribution in [1.82, 2.24) is 4.90 Å². The molecule has 2 fully saturated rings. The molecule has 16 heavy (non-hydrogen) atoms. The van der Waals surface area contributed by atoms with E-state index in [0.717, 1.165) is 17.9 Å². The molecule has 1 heterocycles. The van der Waals surface area contributed by atoms with Gasteiger partial charge in [-0.2, -0.15) is 0 Å². The third-order valence-electron chi connectivity index (χ3n) is 4.21. The summed E-state index contributed by atoms with van der Waals surface area (Å²) in [5.74, 6) is 2.01. The first-order chi connectivity index (χ1) is 7.61. The van der Waals surface area contributed by atoms with E-state index in [4.69, 9.17) is 0 Å². The Morgan fingerprint density at radius 3 is 1.56 bits per heavy atom. The summed E-state index contributed by atoms with van der Waals surface area (Å²) in [5, 5.41) is 0. The van der Waals surface area contributed by atoms with Gasteiger partial charge in [-0.3, -0.25) is 0 Å². The van der Waals surface area contributed by atoms with E-state index < -0.39 is 0 Å². The maximum atomic E-state index is 2.53. The minimum absolute atomic E-state index is 0.775. The van der Waals surface area contributed by atoms with Gasteiger partial charge >= 0.3 is 0 Å². The Bertz CT molecular complexity index is 142. The molecule has 1 aliphatic carbocycles. The molecule has 0 radical (unpaired) electrons. The summed E-state index contributed by atoms with van der Waals surface area (Å²) >= 11 is 0. The summed E-state index contributed by atoms with van der Waals surface area (Å²) in [6.07, 6.45) is 8.80. The molecule has 1 nitrogen and oxygen atoms in total. The van der Waals surface area contributed by atoms with Gasteiger partial charge in [0.05, 0.1) is 0 Å². The van der Waals surface area contributed by atoms with Crippen LogP contribution in [0.1, 0.15) is 66.2 Å². The second-order valence-electron chi connectivity index (χ2n) is 6.13. The standard InChI is InChI=1S/C8H16.C7H15N/c2*1-7(2)8-5-3-4-6-8/h7-8H,3-6H2,1-2H3;7H,3-6H2,1-2H3. The molecule has 1 saturated carbocycles. The summed E-state index contributed by atoms with van der Waals surface area (Å²) in [4.78, 5) is 2.53. The molecular weight excluding hydrogens is 194 g/mol. The van der Waals surface area contributed by atoms with Crippen molar-refractivity contribution >= 4 is 0 Å². The molecule has 0 atom stereocenters. The Morgan fingerprint density at radius 1 is 0.812 bits per heavy atom. The van der Waals surface area contributed by atoms with Crippen LogP contribution in [0.2, 0.25) is 0 Å². The van der Waals surface area contributed by atoms with Crippen molar-refractivity contribution in [1.29, 1.82) is 0 Å². The van der Waals surface area contributed by atoms with Crippen molar-refractivity contribution in [3.63, 3.8) is 0 Å². The maximum Gasteiger partial charge on any atom is 0.00385 e. The molecule has 0 spiro atoms. The second-order valence-corrected chi connectivity index (χ2v) is 6.13. The number of rotatable bonds is 2. The molecule has 1 saturated heterocycles. The zero-order valence-corrected chi connectivity index (χ0v) is 11.8. The van der Waals surface area contributed by atoms with Crippen LogP contribution in [0.5, 0.6) is 0 Å². The van der Waals surface area contributed by atoms with Gasteiger partial charge in [-0.25, -0.2) is 0 Å². The van der Waals surface area contributed by atoms with E-state index in [9.17, 15) is 0 Å². The summed E-state index contributed by atoms with van der Waals surface area (Å²) in [5.41, 5.74) is 0. The molecule has 1 aliphatic heterocycles. The van der Waals surface area contributed by atoms with E-state index >= 15 is 0 Å². The highest BCUT2D eigenvalue weighted by atomic mass is 15.2. The van der Waals surface area contributed by atoms with E-state index in [1.54, 1.807) is 0 Å². The van der Waals surface area contributed by atoms with Crippen LogP contribution in [0, 0.1) is 11.8 Å². The van der Waals surface area contributed by atoms with Crippen LogP contribution in [-0.4, -0.2) is 24.0 Å². The van der Waals surface area contributed by atoms with Crippen molar-refractivity contribution in [2.24, 2.45) is 11.8 Å². The van der Waals surface area contributed by atoms with Crippen LogP contribution < -0.4 is 0 Å². The largest absolute Gasteiger partial charge is 0.301 e. The lowest BCUT2D eigenvalue weighted by Crippen LogP contribution is -2.26. The molecular formula is C15H31N. The molecule has 0 aromatic rings. The van der Waals surface area contributed by atoms with Crippen LogP contribution in [0.15, 0.2) is 0 Å². The van der Waals surface area contributed by atoms with Crippen LogP contribution in [0.25, 0.3) is 0 Å². The average Bonchev–Trinajstić information content (AvgIpc) is 2.93. The maximum absolute atomic E-state index is 2.53. The van der Waals surface area contributed by atoms with Crippen LogP contribution in [0.4, 0.5) is 0 Å². The normalized spacial score (nSPS) is 22.9. The van der Waals surface area contributed by atoms with Gasteiger partial charge in [0.15, 0.2) is 0 Å². The first-order valence-corrected chi connectivity index (χ1v) is 7.35. The SMILES string of the molecule is CC(C)C1CCCC1.CC(C)N1CCCC1. The lowest BCUT2D eigenvalue weighted by molar-refractivity contribution is 0.276. The van der Waals surface area contributed by atoms with Gasteiger partial charge in [-0.15, -0.1) is 0 Å². The Balaban J connectivity index is 0.000000160. The van der Waals surface area contributed by atoms with Gasteiger partial charge in [0.25, 0.3) is 0 Å². The topological polar surface area (TPSA) is 3.24 Å². The first-order valence-electron chi connectivity index (χ1n) is 7.35. The fourth-order valence-electron chi connectivity index (χ4n) is 2.88. The summed E-state index contributed by atoms with van der Waals surface area (Å²) in [6.45, 7) is 11.9. The molecule has 2 rings (SSSR count). The van der Waals surface area contributed by atoms with Gasteiger partial charge in [0, 0.05) is 6.04 Å². The van der Waals surface area contributed by atoms with Gasteiger partial charge in [0.1, 0.15) is 0 Å². The Labute approximate surface area is 103 Å². The van der Waals surface area contributed by atoms with Crippen molar-refractivity contribution in [3.05, 3.63) is 0 Å². The van der Waals surface area contributed by atoms with E-state index in [0.29, 0.717) is 0 Å². The fourth-order valence-corrected chi connectivity index (χ4v) is 2.88. The summed E-state index contributed by atoms with van der Waals surface area (Å²) in [6, 6.07) is 0.775. The van der Waals surface area contributed by atoms with E-state index in [-0.39, 0.29) is 0 Å². The summed E-state index contributed by atoms with van der Waals surface area (Å²) in [7, 11) is 0. The molecule has 0 unspecified atom stereocenters. The van der Waals surface area contributed by atoms with E-state index in [1.165, 1.54) is 51.6 Å². The Kier molecular flexibility index (Phi) is 6.41. The van der Waals surface area contributed by atoms with Gasteiger partial charge < -0.3 is 4.90 Å². The number of nitrogens with zero attached hydrogens (tertiary/aromatic N) is 1. The molecule has 1 heteroatoms. The van der Waals surface area contributed by atoms with Crippen LogP contribution >= 0.6 is 0 Å². The predicted octanol–water partition coefficient (Wildman–Crippen LogP) is 4.32. The molecule has 0 amide bonds. The zero-order valence-electron chi connectivity index (χ0n) is 11.8. The molecule has 0 aromatic carbocycles. The molecule has 2 aliphatic rings. The van der Waals surface area contributed by atoms with Gasteiger partial charge in [0.2, 0.25) is 0 Å². The third kappa shape index (κ3) is 4.86. The smallest absolute Gasteiger partial charge is 0.00385 e. The fraction of sp³-hybridized carbons (Fsp3) is 1.00. The molecule has 0 N–H and O–H groups in total. The summed E-state index contributed by atoms with van der Waals surface area (Å²) < 4.78 is 0. The van der Waals surface area contributed by atoms with E-state index in [2.05, 4.69) is 32.6 Å². The van der Waals surface area contributed by atoms with Gasteiger partial charge in [-0.1, -0.05) is 39.5 Å². The minimum Gasteiger partial charge on any atom is -0.301 e. The van der Waals surface area contributed by atoms with Crippen LogP contribution in [0.3, 0.4) is 0 Å². The number of hydrogen-bond acceptors (Lipinski definition) is 1. The first kappa shape index (κ1) is 14.0. The molecule has 96 valence electrons. The van der Waals surface area contributed by atoms with Crippen molar-refractivity contribution < 1.29 is 0 Å². The third-order valence-corrected chi connectivity index (χ3v) is 4.21. The Hall–Kier alpha value is -0.0400. The zero-order chi connectivity index (χ0) is 12.0. The molecule has 0 bridgehead atoms. The highest BCUT2D eigenvalue weighted by Crippen LogP contribution is 2.30. The predicted molar refractivity (Wildman–Crippen MR) is 72.7 cm³/mol. The lowest BCUT2D eigenvalue weighted by Gasteiger charge is -2.18. The molecule has 0 aromatic heterocycles. The second kappa shape index (κ2) is 7.32. The van der Waals surface area contributed by atoms with Gasteiger partial charge in [-0.05, 0) is 51.6 Å². The average molecular weight is 225 g/mol. The van der Waals surface area contributed by atoms with Crippen molar-refractivity contribution in [2.45, 2.75) is 72.3 Å². The Morgan fingerprint density at radius 2 is 1.31 bits per heavy atom. The highest BCUT2D eigenvalue weighted by molar-refractivity contribution is 4.69. The van der Waals surface area contributed by atoms with Crippen LogP contribution in [-0.2, 0) is 0 Å². The van der Waals surface area contributed by atoms with Crippen molar-refractivity contribution in [3.8, 4) is 0 Å². The monoisotopic (exact) mass is 225 g/mol. The minimum atomic E-state index is 0.775. The number of likely N-dealkylation sites (tertiary alicyclic amines) is 1. The number of hydrogen-bond donors (Lipinski definition) is 0. The highest BCUT2D eigenvalue weighted by Gasteiger charge is 2.17.